The molecule has 2 unspecified atom stereocenters. The molecule has 0 radical (unpaired) electrons. The fraction of sp³-hybridized carbons (Fsp3) is 0.385. The highest BCUT2D eigenvalue weighted by molar-refractivity contribution is 5.17. The van der Waals surface area contributed by atoms with Crippen LogP contribution in [0.25, 0.3) is 0 Å². The van der Waals surface area contributed by atoms with Gasteiger partial charge in [0.05, 0.1) is 6.10 Å². The summed E-state index contributed by atoms with van der Waals surface area (Å²) in [6, 6.07) is 10.5. The minimum atomic E-state index is -0.316. The van der Waals surface area contributed by atoms with Crippen LogP contribution < -0.4 is 5.32 Å². The summed E-state index contributed by atoms with van der Waals surface area (Å²) >= 11 is 0. The van der Waals surface area contributed by atoms with E-state index in [2.05, 4.69) is 24.0 Å². The summed E-state index contributed by atoms with van der Waals surface area (Å²) in [4.78, 5) is 0. The SMILES string of the molecule is C=CC(Cc1ccccc1)NCC(C)O. The summed E-state index contributed by atoms with van der Waals surface area (Å²) in [5.41, 5.74) is 1.28. The molecule has 1 aromatic carbocycles. The van der Waals surface area contributed by atoms with Gasteiger partial charge in [0, 0.05) is 12.6 Å². The minimum Gasteiger partial charge on any atom is -0.392 e. The van der Waals surface area contributed by atoms with E-state index in [1.165, 1.54) is 5.56 Å². The molecule has 2 heteroatoms. The highest BCUT2D eigenvalue weighted by Crippen LogP contribution is 2.03. The summed E-state index contributed by atoms with van der Waals surface area (Å²) in [6.45, 7) is 6.17. The summed E-state index contributed by atoms with van der Waals surface area (Å²) in [5.74, 6) is 0. The molecule has 15 heavy (non-hydrogen) atoms. The van der Waals surface area contributed by atoms with Crippen LogP contribution in [0.2, 0.25) is 0 Å². The molecule has 2 N–H and O–H groups in total. The second-order valence-electron chi connectivity index (χ2n) is 3.79. The first-order valence-electron chi connectivity index (χ1n) is 5.30. The first-order valence-corrected chi connectivity index (χ1v) is 5.30. The smallest absolute Gasteiger partial charge is 0.0636 e. The highest BCUT2D eigenvalue weighted by atomic mass is 16.3. The summed E-state index contributed by atoms with van der Waals surface area (Å²) in [5, 5.41) is 12.4. The van der Waals surface area contributed by atoms with Gasteiger partial charge in [0.2, 0.25) is 0 Å². The largest absolute Gasteiger partial charge is 0.392 e. The van der Waals surface area contributed by atoms with Crippen LogP contribution in [0.4, 0.5) is 0 Å². The van der Waals surface area contributed by atoms with Crippen molar-refractivity contribution in [3.05, 3.63) is 48.6 Å². The second kappa shape index (κ2) is 6.38. The third-order valence-electron chi connectivity index (χ3n) is 2.26. The standard InChI is InChI=1S/C13H19NO/c1-3-13(14-10-11(2)15)9-12-7-5-4-6-8-12/h3-8,11,13-15H,1,9-10H2,2H3. The zero-order valence-corrected chi connectivity index (χ0v) is 9.19. The molecule has 1 rings (SSSR count). The molecule has 0 heterocycles. The fourth-order valence-corrected chi connectivity index (χ4v) is 1.43. The Balaban J connectivity index is 2.43. The molecule has 0 saturated heterocycles. The van der Waals surface area contributed by atoms with Crippen molar-refractivity contribution >= 4 is 0 Å². The van der Waals surface area contributed by atoms with E-state index in [0.717, 1.165) is 6.42 Å². The number of aliphatic hydroxyl groups is 1. The van der Waals surface area contributed by atoms with Crippen LogP contribution in [-0.2, 0) is 6.42 Å². The molecule has 0 aromatic heterocycles. The third-order valence-corrected chi connectivity index (χ3v) is 2.26. The lowest BCUT2D eigenvalue weighted by Gasteiger charge is -2.15. The fourth-order valence-electron chi connectivity index (χ4n) is 1.43. The number of rotatable bonds is 6. The quantitative estimate of drug-likeness (QED) is 0.693. The highest BCUT2D eigenvalue weighted by Gasteiger charge is 2.05. The lowest BCUT2D eigenvalue weighted by atomic mass is 10.1. The third kappa shape index (κ3) is 4.77. The first kappa shape index (κ1) is 12.0. The Hall–Kier alpha value is -1.12. The van der Waals surface area contributed by atoms with Crippen LogP contribution in [0.3, 0.4) is 0 Å². The van der Waals surface area contributed by atoms with Crippen molar-refractivity contribution in [3.8, 4) is 0 Å². The zero-order valence-electron chi connectivity index (χ0n) is 9.19. The van der Waals surface area contributed by atoms with E-state index in [9.17, 15) is 0 Å². The molecular weight excluding hydrogens is 186 g/mol. The van der Waals surface area contributed by atoms with Crippen molar-refractivity contribution in [1.29, 1.82) is 0 Å². The lowest BCUT2D eigenvalue weighted by Crippen LogP contribution is -2.34. The van der Waals surface area contributed by atoms with Gasteiger partial charge in [-0.25, -0.2) is 0 Å². The number of aliphatic hydroxyl groups excluding tert-OH is 1. The van der Waals surface area contributed by atoms with E-state index in [-0.39, 0.29) is 12.1 Å². The maximum absolute atomic E-state index is 9.17. The number of hydrogen-bond donors (Lipinski definition) is 2. The maximum atomic E-state index is 9.17. The van der Waals surface area contributed by atoms with E-state index in [4.69, 9.17) is 5.11 Å². The lowest BCUT2D eigenvalue weighted by molar-refractivity contribution is 0.188. The van der Waals surface area contributed by atoms with Crippen molar-refractivity contribution in [2.24, 2.45) is 0 Å². The molecule has 0 fully saturated rings. The number of nitrogens with one attached hydrogen (secondary N) is 1. The summed E-state index contributed by atoms with van der Waals surface area (Å²) < 4.78 is 0. The molecule has 2 nitrogen and oxygen atoms in total. The van der Waals surface area contributed by atoms with Gasteiger partial charge in [0.15, 0.2) is 0 Å². The van der Waals surface area contributed by atoms with Gasteiger partial charge < -0.3 is 10.4 Å². The van der Waals surface area contributed by atoms with E-state index >= 15 is 0 Å². The molecule has 2 atom stereocenters. The molecular formula is C13H19NO. The Morgan fingerprint density at radius 1 is 1.40 bits per heavy atom. The predicted octanol–water partition coefficient (Wildman–Crippen LogP) is 1.75. The van der Waals surface area contributed by atoms with E-state index < -0.39 is 0 Å². The Morgan fingerprint density at radius 3 is 2.60 bits per heavy atom. The van der Waals surface area contributed by atoms with Crippen LogP contribution in [0.15, 0.2) is 43.0 Å². The average Bonchev–Trinajstić information content (AvgIpc) is 2.25. The van der Waals surface area contributed by atoms with Crippen LogP contribution in [0.5, 0.6) is 0 Å². The average molecular weight is 205 g/mol. The molecule has 0 aliphatic heterocycles. The van der Waals surface area contributed by atoms with E-state index in [1.807, 2.05) is 24.3 Å². The van der Waals surface area contributed by atoms with Crippen molar-refractivity contribution in [1.82, 2.24) is 5.32 Å². The van der Waals surface area contributed by atoms with Crippen LogP contribution in [0, 0.1) is 0 Å². The minimum absolute atomic E-state index is 0.224. The van der Waals surface area contributed by atoms with Crippen molar-refractivity contribution in [3.63, 3.8) is 0 Å². The first-order chi connectivity index (χ1) is 7.22. The molecule has 0 bridgehead atoms. The summed E-state index contributed by atoms with van der Waals surface area (Å²) in [6.07, 6.45) is 2.48. The molecule has 0 amide bonds. The van der Waals surface area contributed by atoms with Gasteiger partial charge in [-0.05, 0) is 18.9 Å². The van der Waals surface area contributed by atoms with Crippen LogP contribution >= 0.6 is 0 Å². The van der Waals surface area contributed by atoms with Gasteiger partial charge in [0.25, 0.3) is 0 Å². The van der Waals surface area contributed by atoms with Crippen LogP contribution in [0.1, 0.15) is 12.5 Å². The Labute approximate surface area is 91.6 Å². The topological polar surface area (TPSA) is 32.3 Å². The maximum Gasteiger partial charge on any atom is 0.0636 e. The van der Waals surface area contributed by atoms with Gasteiger partial charge in [-0.2, -0.15) is 0 Å². The zero-order chi connectivity index (χ0) is 11.1. The van der Waals surface area contributed by atoms with E-state index in [1.54, 1.807) is 6.92 Å². The predicted molar refractivity (Wildman–Crippen MR) is 63.8 cm³/mol. The Bertz CT molecular complexity index is 282. The van der Waals surface area contributed by atoms with Crippen molar-refractivity contribution < 1.29 is 5.11 Å². The Kier molecular flexibility index (Phi) is 5.08. The van der Waals surface area contributed by atoms with E-state index in [0.29, 0.717) is 6.54 Å². The van der Waals surface area contributed by atoms with Gasteiger partial charge in [-0.15, -0.1) is 6.58 Å². The normalized spacial score (nSPS) is 14.5. The molecule has 0 saturated carbocycles. The Morgan fingerprint density at radius 2 is 2.07 bits per heavy atom. The van der Waals surface area contributed by atoms with Gasteiger partial charge in [0.1, 0.15) is 0 Å². The molecule has 82 valence electrons. The van der Waals surface area contributed by atoms with Gasteiger partial charge >= 0.3 is 0 Å². The number of benzene rings is 1. The van der Waals surface area contributed by atoms with Crippen LogP contribution in [-0.4, -0.2) is 23.8 Å². The second-order valence-corrected chi connectivity index (χ2v) is 3.79. The summed E-state index contributed by atoms with van der Waals surface area (Å²) in [7, 11) is 0. The molecule has 0 spiro atoms. The van der Waals surface area contributed by atoms with Crippen molar-refractivity contribution in [2.45, 2.75) is 25.5 Å². The monoisotopic (exact) mass is 205 g/mol. The van der Waals surface area contributed by atoms with Crippen molar-refractivity contribution in [2.75, 3.05) is 6.54 Å². The molecule has 0 aliphatic rings. The van der Waals surface area contributed by atoms with Gasteiger partial charge in [-0.3, -0.25) is 0 Å². The molecule has 1 aromatic rings. The number of hydrogen-bond acceptors (Lipinski definition) is 2. The van der Waals surface area contributed by atoms with Gasteiger partial charge in [-0.1, -0.05) is 36.4 Å². The molecule has 0 aliphatic carbocycles.